The second-order valence-electron chi connectivity index (χ2n) is 9.88. The first-order chi connectivity index (χ1) is 18.5. The van der Waals surface area contributed by atoms with Gasteiger partial charge in [-0.05, 0) is 59.2 Å². The van der Waals surface area contributed by atoms with Gasteiger partial charge in [-0.25, -0.2) is 4.79 Å². The highest BCUT2D eigenvalue weighted by Gasteiger charge is 2.59. The number of primary amides is 1. The number of aliphatic hydroxyl groups is 3. The number of amides is 1. The molecule has 200 valence electrons. The number of rotatable bonds is 4. The first kappa shape index (κ1) is 25.9. The van der Waals surface area contributed by atoms with Crippen LogP contribution in [0.4, 0.5) is 0 Å². The predicted octanol–water partition coefficient (Wildman–Crippen LogP) is 2.43. The number of hydrogen-bond donors (Lipinski definition) is 5. The van der Waals surface area contributed by atoms with Crippen LogP contribution in [-0.2, 0) is 25.5 Å². The Labute approximate surface area is 222 Å². The second kappa shape index (κ2) is 9.25. The first-order valence-corrected chi connectivity index (χ1v) is 12.2. The topological polar surface area (TPSA) is 184 Å². The minimum absolute atomic E-state index is 0.0416. The Kier molecular flexibility index (Phi) is 6.15. The molecule has 5 rings (SSSR count). The maximum Gasteiger partial charge on any atom is 0.330 e. The average molecular weight is 532 g/mol. The van der Waals surface area contributed by atoms with Gasteiger partial charge in [0.15, 0.2) is 11.4 Å². The lowest BCUT2D eigenvalue weighted by Gasteiger charge is -2.45. The van der Waals surface area contributed by atoms with Gasteiger partial charge in [-0.3, -0.25) is 14.4 Å². The Bertz CT molecular complexity index is 1560. The molecule has 0 fully saturated rings. The number of ketones is 2. The number of nitrogens with two attached hydrogens (primary N) is 1. The zero-order chi connectivity index (χ0) is 28.2. The van der Waals surface area contributed by atoms with Crippen molar-refractivity contribution in [1.29, 1.82) is 0 Å². The van der Waals surface area contributed by atoms with Crippen LogP contribution in [0.3, 0.4) is 0 Å². The van der Waals surface area contributed by atoms with Crippen LogP contribution in [0.5, 0.6) is 5.75 Å². The summed E-state index contributed by atoms with van der Waals surface area (Å²) in [6.45, 7) is 0. The number of fused-ring (bicyclic) bond motifs is 3. The van der Waals surface area contributed by atoms with Gasteiger partial charge in [0.25, 0.3) is 5.91 Å². The van der Waals surface area contributed by atoms with Crippen LogP contribution in [0.1, 0.15) is 34.3 Å². The highest BCUT2D eigenvalue weighted by atomic mass is 16.5. The standard InChI is InChI=1S/C29H25NO9/c1-39-21(33)8-5-13-3-2-4-14(9-13)17-6-7-19(31)23-18(17)11-15-10-16-12-20(32)24(28(30)37)27(36)29(16,38)26(35)22(15)25(23)34/h2-9,15-16,31-32,35,38H,10-12H2,1H3,(H2,30,37)/b8-5+/t15-,16+,29+/m1/s1. The third-order valence-corrected chi connectivity index (χ3v) is 7.76. The molecule has 3 aliphatic rings. The molecule has 0 radical (unpaired) electrons. The number of Topliss-reactive ketones (excluding diaryl/α,β-unsaturated/α-hetero) is 2. The SMILES string of the molecule is COC(=O)/C=C/c1cccc(-c2ccc(O)c3c2C[C@H]2C[C@H]4CC(O)=C(C(N)=O)C(=O)[C@@]4(O)C(O)=C2C3=O)c1. The fraction of sp³-hybridized carbons (Fsp3) is 0.241. The Morgan fingerprint density at radius 2 is 1.85 bits per heavy atom. The van der Waals surface area contributed by atoms with Crippen molar-refractivity contribution in [1.82, 2.24) is 0 Å². The van der Waals surface area contributed by atoms with Gasteiger partial charge in [0, 0.05) is 24.0 Å². The van der Waals surface area contributed by atoms with Crippen molar-refractivity contribution in [2.45, 2.75) is 24.9 Å². The number of phenolic OH excluding ortho intramolecular Hbond substituents is 1. The van der Waals surface area contributed by atoms with E-state index >= 15 is 0 Å². The van der Waals surface area contributed by atoms with Crippen molar-refractivity contribution in [3.63, 3.8) is 0 Å². The van der Waals surface area contributed by atoms with Gasteiger partial charge in [0.05, 0.1) is 12.7 Å². The molecule has 10 nitrogen and oxygen atoms in total. The van der Waals surface area contributed by atoms with Crippen LogP contribution in [0, 0.1) is 11.8 Å². The highest BCUT2D eigenvalue weighted by Crippen LogP contribution is 2.52. The van der Waals surface area contributed by atoms with E-state index < -0.39 is 58.0 Å². The van der Waals surface area contributed by atoms with E-state index in [2.05, 4.69) is 4.74 Å². The van der Waals surface area contributed by atoms with Crippen LogP contribution < -0.4 is 5.73 Å². The van der Waals surface area contributed by atoms with Gasteiger partial charge in [-0.1, -0.05) is 24.3 Å². The molecule has 0 spiro atoms. The van der Waals surface area contributed by atoms with Gasteiger partial charge in [0.2, 0.25) is 5.78 Å². The quantitative estimate of drug-likeness (QED) is 0.225. The number of phenols is 1. The molecular weight excluding hydrogens is 506 g/mol. The van der Waals surface area contributed by atoms with E-state index in [0.29, 0.717) is 22.3 Å². The first-order valence-electron chi connectivity index (χ1n) is 12.2. The average Bonchev–Trinajstić information content (AvgIpc) is 2.89. The van der Waals surface area contributed by atoms with E-state index in [0.717, 1.165) is 0 Å². The monoisotopic (exact) mass is 531 g/mol. The van der Waals surface area contributed by atoms with E-state index in [-0.39, 0.29) is 36.1 Å². The third-order valence-electron chi connectivity index (χ3n) is 7.76. The van der Waals surface area contributed by atoms with Crippen molar-refractivity contribution in [2.75, 3.05) is 7.11 Å². The summed E-state index contributed by atoms with van der Waals surface area (Å²) in [5.74, 6) is -7.24. The van der Waals surface area contributed by atoms with E-state index in [1.807, 2.05) is 6.07 Å². The molecule has 0 heterocycles. The van der Waals surface area contributed by atoms with Crippen molar-refractivity contribution in [3.8, 4) is 16.9 Å². The van der Waals surface area contributed by atoms with Crippen molar-refractivity contribution in [3.05, 3.63) is 81.8 Å². The third kappa shape index (κ3) is 3.91. The van der Waals surface area contributed by atoms with Gasteiger partial charge in [-0.2, -0.15) is 0 Å². The number of aliphatic hydroxyl groups excluding tert-OH is 2. The van der Waals surface area contributed by atoms with E-state index in [9.17, 15) is 39.6 Å². The predicted molar refractivity (Wildman–Crippen MR) is 137 cm³/mol. The molecule has 0 aliphatic heterocycles. The smallest absolute Gasteiger partial charge is 0.330 e. The molecule has 1 amide bonds. The van der Waals surface area contributed by atoms with Gasteiger partial charge in [0.1, 0.15) is 22.8 Å². The molecule has 2 aromatic rings. The van der Waals surface area contributed by atoms with E-state index in [1.54, 1.807) is 30.3 Å². The number of benzene rings is 2. The minimum Gasteiger partial charge on any atom is -0.511 e. The number of allylic oxidation sites excluding steroid dienone is 2. The van der Waals surface area contributed by atoms with Crippen LogP contribution in [-0.4, -0.2) is 56.6 Å². The number of esters is 1. The molecule has 10 heteroatoms. The lowest BCUT2D eigenvalue weighted by Crippen LogP contribution is -2.57. The maximum absolute atomic E-state index is 13.7. The zero-order valence-corrected chi connectivity index (χ0v) is 20.8. The Morgan fingerprint density at radius 3 is 2.54 bits per heavy atom. The molecule has 6 N–H and O–H groups in total. The lowest BCUT2D eigenvalue weighted by molar-refractivity contribution is -0.144. The molecular formula is C29H25NO9. The summed E-state index contributed by atoms with van der Waals surface area (Å²) in [5.41, 5.74) is 4.07. The van der Waals surface area contributed by atoms with E-state index in [4.69, 9.17) is 5.73 Å². The highest BCUT2D eigenvalue weighted by molar-refractivity contribution is 6.24. The number of methoxy groups -OCH3 is 1. The summed E-state index contributed by atoms with van der Waals surface area (Å²) in [4.78, 5) is 50.1. The number of ether oxygens (including phenoxy) is 1. The zero-order valence-electron chi connectivity index (χ0n) is 20.8. The van der Waals surface area contributed by atoms with E-state index in [1.165, 1.54) is 19.3 Å². The fourth-order valence-electron chi connectivity index (χ4n) is 5.93. The van der Waals surface area contributed by atoms with Crippen LogP contribution in [0.15, 0.2) is 65.1 Å². The molecule has 0 bridgehead atoms. The van der Waals surface area contributed by atoms with Crippen LogP contribution in [0.2, 0.25) is 0 Å². The summed E-state index contributed by atoms with van der Waals surface area (Å²) in [7, 11) is 1.27. The number of hydrogen-bond acceptors (Lipinski definition) is 9. The largest absolute Gasteiger partial charge is 0.511 e. The van der Waals surface area contributed by atoms with Gasteiger partial charge in [-0.15, -0.1) is 0 Å². The molecule has 3 atom stereocenters. The number of carbonyl (C=O) groups excluding carboxylic acids is 4. The maximum atomic E-state index is 13.7. The molecule has 0 saturated heterocycles. The molecule has 0 unspecified atom stereocenters. The fourth-order valence-corrected chi connectivity index (χ4v) is 5.93. The summed E-state index contributed by atoms with van der Waals surface area (Å²) in [6, 6.07) is 10.2. The molecule has 0 aromatic heterocycles. The second-order valence-corrected chi connectivity index (χ2v) is 9.88. The van der Waals surface area contributed by atoms with Gasteiger partial charge < -0.3 is 30.9 Å². The Hall–Kier alpha value is -4.70. The minimum atomic E-state index is -2.61. The number of aromatic hydroxyl groups is 1. The van der Waals surface area contributed by atoms with Crippen molar-refractivity contribution >= 4 is 29.5 Å². The van der Waals surface area contributed by atoms with Gasteiger partial charge >= 0.3 is 5.97 Å². The van der Waals surface area contributed by atoms with Crippen LogP contribution >= 0.6 is 0 Å². The summed E-state index contributed by atoms with van der Waals surface area (Å²) in [6.07, 6.45) is 2.78. The lowest BCUT2D eigenvalue weighted by atomic mass is 9.60. The summed E-state index contributed by atoms with van der Waals surface area (Å²) in [5, 5.41) is 43.5. The summed E-state index contributed by atoms with van der Waals surface area (Å²) >= 11 is 0. The normalized spacial score (nSPS) is 24.4. The Balaban J connectivity index is 1.62. The molecule has 2 aromatic carbocycles. The Morgan fingerprint density at radius 1 is 1.10 bits per heavy atom. The molecule has 39 heavy (non-hydrogen) atoms. The molecule has 3 aliphatic carbocycles. The number of carbonyl (C=O) groups is 4. The van der Waals surface area contributed by atoms with Crippen molar-refractivity contribution < 1.29 is 44.3 Å². The van der Waals surface area contributed by atoms with Crippen LogP contribution in [0.25, 0.3) is 17.2 Å². The molecule has 0 saturated carbocycles. The van der Waals surface area contributed by atoms with Crippen molar-refractivity contribution in [2.24, 2.45) is 17.6 Å². The summed E-state index contributed by atoms with van der Waals surface area (Å²) < 4.78 is 4.62.